The molecule has 30 heavy (non-hydrogen) atoms. The summed E-state index contributed by atoms with van der Waals surface area (Å²) < 4.78 is 66.0. The van der Waals surface area contributed by atoms with Crippen molar-refractivity contribution in [3.63, 3.8) is 0 Å². The van der Waals surface area contributed by atoms with Crippen molar-refractivity contribution in [3.8, 4) is 16.9 Å². The first-order chi connectivity index (χ1) is 14.0. The van der Waals surface area contributed by atoms with Crippen LogP contribution in [0.15, 0.2) is 48.5 Å². The van der Waals surface area contributed by atoms with E-state index in [2.05, 4.69) is 5.10 Å². The summed E-state index contributed by atoms with van der Waals surface area (Å²) in [6.45, 7) is 0.412. The Hall–Kier alpha value is -2.36. The van der Waals surface area contributed by atoms with Crippen molar-refractivity contribution in [1.82, 2.24) is 14.1 Å². The molecule has 0 aliphatic carbocycles. The van der Waals surface area contributed by atoms with Gasteiger partial charge in [-0.1, -0.05) is 23.7 Å². The number of sulfonamides is 1. The fraction of sp³-hybridized carbons (Fsp3) is 0.250. The van der Waals surface area contributed by atoms with E-state index in [9.17, 15) is 21.6 Å². The van der Waals surface area contributed by atoms with Gasteiger partial charge in [0.15, 0.2) is 0 Å². The van der Waals surface area contributed by atoms with E-state index >= 15 is 0 Å². The number of hydrogen-bond donors (Lipinski definition) is 0. The quantitative estimate of drug-likeness (QED) is 0.583. The second-order valence-electron chi connectivity index (χ2n) is 7.08. The van der Waals surface area contributed by atoms with Crippen molar-refractivity contribution in [3.05, 3.63) is 70.4 Å². The number of alkyl halides is 3. The molecule has 0 spiro atoms. The van der Waals surface area contributed by atoms with Crippen LogP contribution in [0, 0.1) is 0 Å². The Balaban J connectivity index is 1.85. The molecule has 0 amide bonds. The fourth-order valence-electron chi connectivity index (χ4n) is 3.52. The summed E-state index contributed by atoms with van der Waals surface area (Å²) in [4.78, 5) is 0. The van der Waals surface area contributed by atoms with Gasteiger partial charge in [0.2, 0.25) is 10.0 Å². The van der Waals surface area contributed by atoms with E-state index in [0.717, 1.165) is 29.8 Å². The lowest BCUT2D eigenvalue weighted by Gasteiger charge is -2.25. The van der Waals surface area contributed by atoms with Crippen molar-refractivity contribution in [2.24, 2.45) is 0 Å². The highest BCUT2D eigenvalue weighted by atomic mass is 35.5. The summed E-state index contributed by atoms with van der Waals surface area (Å²) in [5, 5.41) is 5.20. The lowest BCUT2D eigenvalue weighted by molar-refractivity contribution is -0.137. The topological polar surface area (TPSA) is 55.2 Å². The Morgan fingerprint density at radius 2 is 1.67 bits per heavy atom. The molecular weight excluding hydrogens is 439 g/mol. The van der Waals surface area contributed by atoms with Gasteiger partial charge in [-0.05, 0) is 36.4 Å². The number of nitrogens with zero attached hydrogens (tertiary/aromatic N) is 3. The minimum atomic E-state index is -4.44. The van der Waals surface area contributed by atoms with Crippen LogP contribution in [0.4, 0.5) is 13.2 Å². The van der Waals surface area contributed by atoms with Crippen LogP contribution in [0.1, 0.15) is 16.8 Å². The molecule has 0 N–H and O–H groups in total. The molecule has 5 nitrogen and oxygen atoms in total. The van der Waals surface area contributed by atoms with Gasteiger partial charge in [-0.2, -0.15) is 22.6 Å². The van der Waals surface area contributed by atoms with Crippen molar-refractivity contribution in [1.29, 1.82) is 0 Å². The Morgan fingerprint density at radius 3 is 2.23 bits per heavy atom. The molecule has 0 radical (unpaired) electrons. The van der Waals surface area contributed by atoms with Gasteiger partial charge in [0, 0.05) is 35.7 Å². The van der Waals surface area contributed by atoms with Gasteiger partial charge in [0.1, 0.15) is 0 Å². The second kappa shape index (κ2) is 7.40. The van der Waals surface area contributed by atoms with Crippen molar-refractivity contribution >= 4 is 21.6 Å². The van der Waals surface area contributed by atoms with Gasteiger partial charge in [0.25, 0.3) is 0 Å². The molecule has 10 heteroatoms. The van der Waals surface area contributed by atoms with E-state index in [1.165, 1.54) is 16.4 Å². The summed E-state index contributed by atoms with van der Waals surface area (Å²) in [5.74, 6) is 0. The molecule has 158 valence electrons. The van der Waals surface area contributed by atoms with Crippen molar-refractivity contribution in [2.75, 3.05) is 12.8 Å². The predicted molar refractivity (Wildman–Crippen MR) is 108 cm³/mol. The van der Waals surface area contributed by atoms with E-state index in [-0.39, 0.29) is 6.54 Å². The molecule has 4 rings (SSSR count). The van der Waals surface area contributed by atoms with Crippen LogP contribution in [-0.2, 0) is 29.2 Å². The minimum Gasteiger partial charge on any atom is -0.237 e. The highest BCUT2D eigenvalue weighted by Gasteiger charge is 2.32. The smallest absolute Gasteiger partial charge is 0.237 e. The van der Waals surface area contributed by atoms with E-state index in [4.69, 9.17) is 11.6 Å². The highest BCUT2D eigenvalue weighted by Crippen LogP contribution is 2.35. The van der Waals surface area contributed by atoms with Crippen LogP contribution in [0.2, 0.25) is 5.02 Å². The number of benzene rings is 2. The van der Waals surface area contributed by atoms with Gasteiger partial charge in [-0.25, -0.2) is 13.1 Å². The summed E-state index contributed by atoms with van der Waals surface area (Å²) in [5.41, 5.74) is 2.44. The van der Waals surface area contributed by atoms with E-state index in [1.54, 1.807) is 28.9 Å². The Bertz CT molecular complexity index is 1190. The number of aromatic nitrogens is 2. The van der Waals surface area contributed by atoms with Crippen molar-refractivity contribution in [2.45, 2.75) is 19.1 Å². The predicted octanol–water partition coefficient (Wildman–Crippen LogP) is 4.53. The molecule has 0 fully saturated rings. The third-order valence-corrected chi connectivity index (χ3v) is 6.55. The lowest BCUT2D eigenvalue weighted by atomic mass is 10.0. The average Bonchev–Trinajstić information content (AvgIpc) is 3.06. The van der Waals surface area contributed by atoms with Crippen LogP contribution in [-0.4, -0.2) is 35.3 Å². The maximum atomic E-state index is 12.9. The summed E-state index contributed by atoms with van der Waals surface area (Å²) >= 11 is 5.97. The lowest BCUT2D eigenvalue weighted by Crippen LogP contribution is -2.35. The number of fused-ring (bicyclic) bond motifs is 1. The molecule has 2 heterocycles. The standard InChI is InChI=1S/C20H17ClF3N3O2S/c1-30(28,29)26-11-10-18-17(12-26)19(13-2-4-14(5-3-13)20(22,23)24)25-27(18)16-8-6-15(21)7-9-16/h2-9H,10-12H2,1H3. The number of halogens is 4. The third kappa shape index (κ3) is 3.97. The first-order valence-corrected chi connectivity index (χ1v) is 11.3. The van der Waals surface area contributed by atoms with E-state index < -0.39 is 21.8 Å². The zero-order chi connectivity index (χ0) is 21.7. The van der Waals surface area contributed by atoms with Crippen LogP contribution >= 0.6 is 11.6 Å². The van der Waals surface area contributed by atoms with Crippen LogP contribution in [0.3, 0.4) is 0 Å². The Morgan fingerprint density at radius 1 is 1.03 bits per heavy atom. The molecule has 0 bridgehead atoms. The van der Waals surface area contributed by atoms with Gasteiger partial charge in [-0.15, -0.1) is 0 Å². The van der Waals surface area contributed by atoms with Crippen LogP contribution < -0.4 is 0 Å². The third-order valence-electron chi connectivity index (χ3n) is 5.05. The molecule has 1 aliphatic rings. The number of rotatable bonds is 3. The Kier molecular flexibility index (Phi) is 5.16. The van der Waals surface area contributed by atoms with Crippen molar-refractivity contribution < 1.29 is 21.6 Å². The maximum Gasteiger partial charge on any atom is 0.416 e. The first-order valence-electron chi connectivity index (χ1n) is 9.03. The molecule has 0 unspecified atom stereocenters. The number of hydrogen-bond acceptors (Lipinski definition) is 3. The molecule has 0 saturated heterocycles. The van der Waals surface area contributed by atoms with E-state index in [1.807, 2.05) is 0 Å². The van der Waals surface area contributed by atoms with Gasteiger partial charge in [-0.3, -0.25) is 0 Å². The highest BCUT2D eigenvalue weighted by molar-refractivity contribution is 7.88. The molecule has 3 aromatic rings. The normalized spacial score (nSPS) is 15.2. The van der Waals surface area contributed by atoms with Gasteiger partial charge >= 0.3 is 6.18 Å². The second-order valence-corrected chi connectivity index (χ2v) is 9.50. The van der Waals surface area contributed by atoms with Crippen LogP contribution in [0.5, 0.6) is 0 Å². The fourth-order valence-corrected chi connectivity index (χ4v) is 4.43. The SMILES string of the molecule is CS(=O)(=O)N1CCc2c(c(-c3ccc(C(F)(F)F)cc3)nn2-c2ccc(Cl)cc2)C1. The van der Waals surface area contributed by atoms with Gasteiger partial charge < -0.3 is 0 Å². The minimum absolute atomic E-state index is 0.109. The summed E-state index contributed by atoms with van der Waals surface area (Å²) in [7, 11) is -3.42. The Labute approximate surface area is 176 Å². The van der Waals surface area contributed by atoms with Crippen LogP contribution in [0.25, 0.3) is 16.9 Å². The molecule has 1 aliphatic heterocycles. The molecule has 1 aromatic heterocycles. The van der Waals surface area contributed by atoms with Gasteiger partial charge in [0.05, 0.1) is 28.9 Å². The summed E-state index contributed by atoms with van der Waals surface area (Å²) in [6, 6.07) is 11.7. The largest absolute Gasteiger partial charge is 0.416 e. The molecule has 2 aromatic carbocycles. The molecular formula is C20H17ClF3N3O2S. The zero-order valence-corrected chi connectivity index (χ0v) is 17.4. The average molecular weight is 456 g/mol. The zero-order valence-electron chi connectivity index (χ0n) is 15.8. The first kappa shape index (κ1) is 20.9. The van der Waals surface area contributed by atoms with E-state index in [0.29, 0.717) is 34.8 Å². The molecule has 0 saturated carbocycles. The molecule has 0 atom stereocenters. The monoisotopic (exact) mass is 455 g/mol. The summed E-state index contributed by atoms with van der Waals surface area (Å²) in [6.07, 6.45) is -2.87. The maximum absolute atomic E-state index is 12.9.